The maximum atomic E-state index is 12.8. The van der Waals surface area contributed by atoms with Gasteiger partial charge in [-0.2, -0.15) is 26.3 Å². The molecular formula is C18H22F6N2O3S. The van der Waals surface area contributed by atoms with Crippen LogP contribution in [0, 0.1) is 5.92 Å². The summed E-state index contributed by atoms with van der Waals surface area (Å²) in [5.41, 5.74) is 3.96. The molecule has 5 nitrogen and oxygen atoms in total. The SMILES string of the molecule is NC(=O)CN(CC(F)(F)F)C1CCC(CS(=O)(=O)c2cccc(C(F)(F)F)c2)CC1. The molecule has 0 saturated heterocycles. The first-order valence-electron chi connectivity index (χ1n) is 9.16. The summed E-state index contributed by atoms with van der Waals surface area (Å²) in [6, 6.07) is 2.89. The zero-order valence-electron chi connectivity index (χ0n) is 15.8. The number of carbonyl (C=O) groups is 1. The third-order valence-electron chi connectivity index (χ3n) is 5.05. The Morgan fingerprint density at radius 1 is 1.07 bits per heavy atom. The zero-order valence-corrected chi connectivity index (χ0v) is 16.7. The van der Waals surface area contributed by atoms with Gasteiger partial charge in [0.2, 0.25) is 5.91 Å². The molecule has 0 atom stereocenters. The third kappa shape index (κ3) is 7.15. The van der Waals surface area contributed by atoms with E-state index in [-0.39, 0.29) is 25.7 Å². The topological polar surface area (TPSA) is 80.5 Å². The Balaban J connectivity index is 2.03. The summed E-state index contributed by atoms with van der Waals surface area (Å²) in [6.07, 6.45) is -8.19. The minimum Gasteiger partial charge on any atom is -0.369 e. The first-order valence-corrected chi connectivity index (χ1v) is 10.8. The molecule has 1 fully saturated rings. The van der Waals surface area contributed by atoms with Gasteiger partial charge < -0.3 is 5.73 Å². The van der Waals surface area contributed by atoms with Crippen molar-refractivity contribution in [2.75, 3.05) is 18.8 Å². The fourth-order valence-corrected chi connectivity index (χ4v) is 5.43. The Kier molecular flexibility index (Phi) is 7.44. The molecule has 12 heteroatoms. The van der Waals surface area contributed by atoms with Crippen molar-refractivity contribution in [3.8, 4) is 0 Å². The van der Waals surface area contributed by atoms with Crippen LogP contribution in [0.5, 0.6) is 0 Å². The Morgan fingerprint density at radius 3 is 2.17 bits per heavy atom. The molecule has 1 aliphatic rings. The highest BCUT2D eigenvalue weighted by atomic mass is 32.2. The second kappa shape index (κ2) is 9.13. The lowest BCUT2D eigenvalue weighted by atomic mass is 9.86. The minimum atomic E-state index is -4.67. The summed E-state index contributed by atoms with van der Waals surface area (Å²) in [4.78, 5) is 11.6. The molecule has 2 rings (SSSR count). The fraction of sp³-hybridized carbons (Fsp3) is 0.611. The van der Waals surface area contributed by atoms with Crippen LogP contribution in [-0.2, 0) is 20.8 Å². The number of amides is 1. The van der Waals surface area contributed by atoms with E-state index in [1.165, 1.54) is 0 Å². The van der Waals surface area contributed by atoms with E-state index in [1.807, 2.05) is 0 Å². The molecule has 0 aliphatic heterocycles. The van der Waals surface area contributed by atoms with Crippen molar-refractivity contribution in [1.29, 1.82) is 0 Å². The third-order valence-corrected chi connectivity index (χ3v) is 6.93. The zero-order chi connectivity index (χ0) is 22.7. The van der Waals surface area contributed by atoms with Crippen LogP contribution in [0.2, 0.25) is 0 Å². The standard InChI is InChI=1S/C18H22F6N2O3S/c19-17(20,21)11-26(9-16(25)27)14-6-4-12(5-7-14)10-30(28,29)15-3-1-2-13(8-15)18(22,23)24/h1-3,8,12,14H,4-7,9-11H2,(H2,25,27). The molecule has 1 saturated carbocycles. The lowest BCUT2D eigenvalue weighted by molar-refractivity contribution is -0.154. The van der Waals surface area contributed by atoms with Crippen molar-refractivity contribution in [3.63, 3.8) is 0 Å². The van der Waals surface area contributed by atoms with Crippen molar-refractivity contribution >= 4 is 15.7 Å². The maximum Gasteiger partial charge on any atom is 0.416 e. The van der Waals surface area contributed by atoms with E-state index in [0.717, 1.165) is 23.1 Å². The van der Waals surface area contributed by atoms with Crippen LogP contribution in [-0.4, -0.2) is 50.3 Å². The van der Waals surface area contributed by atoms with Gasteiger partial charge >= 0.3 is 12.4 Å². The van der Waals surface area contributed by atoms with Gasteiger partial charge in [0.25, 0.3) is 0 Å². The smallest absolute Gasteiger partial charge is 0.369 e. The lowest BCUT2D eigenvalue weighted by Crippen LogP contribution is -2.47. The molecule has 0 bridgehead atoms. The first-order chi connectivity index (χ1) is 13.7. The number of alkyl halides is 6. The van der Waals surface area contributed by atoms with E-state index >= 15 is 0 Å². The Labute approximate surface area is 170 Å². The van der Waals surface area contributed by atoms with Crippen molar-refractivity contribution in [3.05, 3.63) is 29.8 Å². The van der Waals surface area contributed by atoms with Crippen LogP contribution in [0.4, 0.5) is 26.3 Å². The summed E-state index contributed by atoms with van der Waals surface area (Å²) in [7, 11) is -4.00. The van der Waals surface area contributed by atoms with E-state index in [9.17, 15) is 39.6 Å². The number of carbonyl (C=O) groups excluding carboxylic acids is 1. The molecule has 1 aromatic rings. The Bertz CT molecular complexity index is 846. The van der Waals surface area contributed by atoms with Gasteiger partial charge in [-0.15, -0.1) is 0 Å². The average Bonchev–Trinajstić information content (AvgIpc) is 2.59. The average molecular weight is 460 g/mol. The second-order valence-electron chi connectivity index (χ2n) is 7.47. The molecular weight excluding hydrogens is 438 g/mol. The summed E-state index contributed by atoms with van der Waals surface area (Å²) in [6.45, 7) is -1.86. The summed E-state index contributed by atoms with van der Waals surface area (Å²) >= 11 is 0. The number of hydrogen-bond acceptors (Lipinski definition) is 4. The van der Waals surface area contributed by atoms with Crippen LogP contribution < -0.4 is 5.73 Å². The van der Waals surface area contributed by atoms with Crippen molar-refractivity contribution < 1.29 is 39.6 Å². The van der Waals surface area contributed by atoms with Crippen LogP contribution in [0.25, 0.3) is 0 Å². The maximum absolute atomic E-state index is 12.8. The molecule has 2 N–H and O–H groups in total. The lowest BCUT2D eigenvalue weighted by Gasteiger charge is -2.36. The number of primary amides is 1. The quantitative estimate of drug-likeness (QED) is 0.633. The predicted octanol–water partition coefficient (Wildman–Crippen LogP) is 3.39. The van der Waals surface area contributed by atoms with E-state index in [4.69, 9.17) is 5.73 Å². The monoisotopic (exact) mass is 460 g/mol. The van der Waals surface area contributed by atoms with Gasteiger partial charge in [-0.3, -0.25) is 9.69 Å². The Hall–Kier alpha value is -1.82. The largest absolute Gasteiger partial charge is 0.416 e. The van der Waals surface area contributed by atoms with Crippen LogP contribution >= 0.6 is 0 Å². The first kappa shape index (κ1) is 24.4. The summed E-state index contributed by atoms with van der Waals surface area (Å²) in [5, 5.41) is 0. The molecule has 1 aromatic carbocycles. The van der Waals surface area contributed by atoms with E-state index < -0.39 is 69.4 Å². The molecule has 0 unspecified atom stereocenters. The molecule has 30 heavy (non-hydrogen) atoms. The highest BCUT2D eigenvalue weighted by Crippen LogP contribution is 2.33. The van der Waals surface area contributed by atoms with Gasteiger partial charge in [0.15, 0.2) is 9.84 Å². The molecule has 170 valence electrons. The van der Waals surface area contributed by atoms with E-state index in [1.54, 1.807) is 0 Å². The highest BCUT2D eigenvalue weighted by Gasteiger charge is 2.37. The van der Waals surface area contributed by atoms with Crippen molar-refractivity contribution in [2.45, 2.75) is 49.0 Å². The number of nitrogens with two attached hydrogens (primary N) is 1. The number of hydrogen-bond donors (Lipinski definition) is 1. The predicted molar refractivity (Wildman–Crippen MR) is 96.1 cm³/mol. The van der Waals surface area contributed by atoms with Crippen molar-refractivity contribution in [2.24, 2.45) is 11.7 Å². The normalized spacial score (nSPS) is 21.0. The van der Waals surface area contributed by atoms with Gasteiger partial charge in [-0.25, -0.2) is 8.42 Å². The molecule has 0 heterocycles. The molecule has 1 aliphatic carbocycles. The van der Waals surface area contributed by atoms with E-state index in [2.05, 4.69) is 0 Å². The highest BCUT2D eigenvalue weighted by molar-refractivity contribution is 7.91. The van der Waals surface area contributed by atoms with Gasteiger partial charge in [-0.1, -0.05) is 6.07 Å². The molecule has 1 amide bonds. The number of nitrogens with zero attached hydrogens (tertiary/aromatic N) is 1. The minimum absolute atomic E-state index is 0.228. The van der Waals surface area contributed by atoms with Crippen molar-refractivity contribution in [1.82, 2.24) is 4.90 Å². The van der Waals surface area contributed by atoms with Gasteiger partial charge in [0, 0.05) is 6.04 Å². The molecule has 0 spiro atoms. The number of sulfone groups is 1. The number of benzene rings is 1. The molecule has 0 aromatic heterocycles. The fourth-order valence-electron chi connectivity index (χ4n) is 3.69. The van der Waals surface area contributed by atoms with Crippen LogP contribution in [0.3, 0.4) is 0 Å². The number of halogens is 6. The van der Waals surface area contributed by atoms with Crippen LogP contribution in [0.15, 0.2) is 29.2 Å². The van der Waals surface area contributed by atoms with E-state index in [0.29, 0.717) is 6.07 Å². The van der Waals surface area contributed by atoms with Crippen LogP contribution in [0.1, 0.15) is 31.2 Å². The summed E-state index contributed by atoms with van der Waals surface area (Å²) < 4.78 is 102. The second-order valence-corrected chi connectivity index (χ2v) is 9.50. The summed E-state index contributed by atoms with van der Waals surface area (Å²) in [5.74, 6) is -1.69. The molecule has 0 radical (unpaired) electrons. The number of rotatable bonds is 7. The van der Waals surface area contributed by atoms with Gasteiger partial charge in [0.05, 0.1) is 29.3 Å². The van der Waals surface area contributed by atoms with Gasteiger partial charge in [0.1, 0.15) is 0 Å². The van der Waals surface area contributed by atoms with Gasteiger partial charge in [-0.05, 0) is 49.8 Å². The Morgan fingerprint density at radius 2 is 1.67 bits per heavy atom.